The number of benzene rings is 3. The van der Waals surface area contributed by atoms with Crippen LogP contribution in [0.3, 0.4) is 0 Å². The van der Waals surface area contributed by atoms with Crippen molar-refractivity contribution in [3.05, 3.63) is 72.0 Å². The van der Waals surface area contributed by atoms with Crippen LogP contribution in [0.5, 0.6) is 0 Å². The summed E-state index contributed by atoms with van der Waals surface area (Å²) in [6, 6.07) is 21.9. The van der Waals surface area contributed by atoms with Crippen LogP contribution in [0.2, 0.25) is 5.28 Å². The van der Waals surface area contributed by atoms with E-state index in [2.05, 4.69) is 22.1 Å². The van der Waals surface area contributed by atoms with Gasteiger partial charge in [0.2, 0.25) is 11.0 Å². The van der Waals surface area contributed by atoms with Gasteiger partial charge in [0.25, 0.3) is 0 Å². The third-order valence-corrected chi connectivity index (χ3v) is 5.04. The first-order valence-electron chi connectivity index (χ1n) is 8.55. The number of para-hydroxylation sites is 3. The van der Waals surface area contributed by atoms with Gasteiger partial charge in [-0.2, -0.15) is 4.98 Å². The minimum absolute atomic E-state index is 0.143. The topological polar surface area (TPSA) is 52.1 Å². The Morgan fingerprint density at radius 3 is 2.22 bits per heavy atom. The molecule has 3 heterocycles. The average molecular weight is 371 g/mol. The molecule has 3 aromatic carbocycles. The normalized spacial score (nSPS) is 11.9. The van der Waals surface area contributed by atoms with E-state index in [4.69, 9.17) is 20.4 Å². The number of nitrogens with zero attached hydrogens (tertiary/aromatic N) is 2. The zero-order chi connectivity index (χ0) is 18.0. The number of hydrogen-bond donors (Lipinski definition) is 0. The molecule has 0 aliphatic carbocycles. The maximum atomic E-state index is 6.22. The van der Waals surface area contributed by atoms with E-state index in [1.54, 1.807) is 0 Å². The largest absolute Gasteiger partial charge is 0.455 e. The first-order chi connectivity index (χ1) is 13.3. The lowest BCUT2D eigenvalue weighted by molar-refractivity contribution is 0.653. The summed E-state index contributed by atoms with van der Waals surface area (Å²) in [5, 5.41) is 4.04. The van der Waals surface area contributed by atoms with Gasteiger partial charge in [0.1, 0.15) is 16.7 Å². The van der Waals surface area contributed by atoms with E-state index in [0.29, 0.717) is 11.4 Å². The fraction of sp³-hybridized carbons (Fsp3) is 0. The van der Waals surface area contributed by atoms with Crippen molar-refractivity contribution in [1.29, 1.82) is 0 Å². The number of hydrogen-bond acceptors (Lipinski definition) is 4. The van der Waals surface area contributed by atoms with E-state index < -0.39 is 0 Å². The van der Waals surface area contributed by atoms with Crippen LogP contribution in [0, 0.1) is 0 Å². The molecular weight excluding hydrogens is 360 g/mol. The molecular formula is C22H11ClN2O2. The Morgan fingerprint density at radius 2 is 1.37 bits per heavy atom. The summed E-state index contributed by atoms with van der Waals surface area (Å²) in [4.78, 5) is 8.83. The second-order valence-electron chi connectivity index (χ2n) is 6.40. The molecule has 6 aromatic rings. The predicted molar refractivity (Wildman–Crippen MR) is 107 cm³/mol. The summed E-state index contributed by atoms with van der Waals surface area (Å²) in [6.45, 7) is 0. The van der Waals surface area contributed by atoms with E-state index in [1.165, 1.54) is 0 Å². The summed E-state index contributed by atoms with van der Waals surface area (Å²) in [7, 11) is 0. The Morgan fingerprint density at radius 1 is 0.667 bits per heavy atom. The van der Waals surface area contributed by atoms with Gasteiger partial charge in [-0.1, -0.05) is 48.5 Å². The Kier molecular flexibility index (Phi) is 2.91. The molecule has 0 saturated heterocycles. The minimum atomic E-state index is 0.143. The molecule has 3 aromatic heterocycles. The molecule has 0 bridgehead atoms. The van der Waals surface area contributed by atoms with Crippen molar-refractivity contribution in [2.45, 2.75) is 0 Å². The van der Waals surface area contributed by atoms with Gasteiger partial charge in [0, 0.05) is 21.7 Å². The maximum absolute atomic E-state index is 6.22. The van der Waals surface area contributed by atoms with E-state index in [-0.39, 0.29) is 5.28 Å². The van der Waals surface area contributed by atoms with Gasteiger partial charge >= 0.3 is 0 Å². The van der Waals surface area contributed by atoms with Crippen LogP contribution >= 0.6 is 11.6 Å². The smallest absolute Gasteiger partial charge is 0.232 e. The molecule has 0 fully saturated rings. The van der Waals surface area contributed by atoms with Crippen molar-refractivity contribution < 1.29 is 8.83 Å². The van der Waals surface area contributed by atoms with Crippen LogP contribution < -0.4 is 0 Å². The Bertz CT molecular complexity index is 1500. The average Bonchev–Trinajstić information content (AvgIpc) is 3.25. The molecule has 0 atom stereocenters. The summed E-state index contributed by atoms with van der Waals surface area (Å²) < 4.78 is 12.1. The van der Waals surface area contributed by atoms with E-state index >= 15 is 0 Å². The SMILES string of the molecule is Clc1nc(-c2cccc3c2oc2ccccc23)c2c(n1)oc1ccccc12. The highest BCUT2D eigenvalue weighted by atomic mass is 35.5. The van der Waals surface area contributed by atoms with Crippen LogP contribution in [0.25, 0.3) is 55.3 Å². The standard InChI is InChI=1S/C22H11ClN2O2/c23-22-24-19(18-14-7-2-4-11-17(14)27-21(18)25-22)15-9-5-8-13-12-6-1-3-10-16(12)26-20(13)15/h1-11H. The number of furan rings is 2. The number of fused-ring (bicyclic) bond motifs is 6. The van der Waals surface area contributed by atoms with Gasteiger partial charge in [-0.15, -0.1) is 0 Å². The minimum Gasteiger partial charge on any atom is -0.455 e. The fourth-order valence-corrected chi connectivity index (χ4v) is 3.89. The molecule has 5 heteroatoms. The summed E-state index contributed by atoms with van der Waals surface area (Å²) >= 11 is 6.22. The van der Waals surface area contributed by atoms with Crippen molar-refractivity contribution in [1.82, 2.24) is 9.97 Å². The summed E-state index contributed by atoms with van der Waals surface area (Å²) in [6.07, 6.45) is 0. The number of halogens is 1. The second kappa shape index (κ2) is 5.32. The lowest BCUT2D eigenvalue weighted by atomic mass is 10.0. The zero-order valence-corrected chi connectivity index (χ0v) is 14.7. The van der Waals surface area contributed by atoms with Gasteiger partial charge < -0.3 is 8.83 Å². The van der Waals surface area contributed by atoms with Crippen LogP contribution in [-0.4, -0.2) is 9.97 Å². The van der Waals surface area contributed by atoms with Crippen LogP contribution in [0.1, 0.15) is 0 Å². The van der Waals surface area contributed by atoms with E-state index in [1.807, 2.05) is 54.6 Å². The molecule has 0 unspecified atom stereocenters. The number of aromatic nitrogens is 2. The van der Waals surface area contributed by atoms with Gasteiger partial charge in [-0.05, 0) is 29.8 Å². The third-order valence-electron chi connectivity index (χ3n) is 4.87. The first-order valence-corrected chi connectivity index (χ1v) is 8.93. The Balaban J connectivity index is 1.80. The van der Waals surface area contributed by atoms with Crippen LogP contribution in [0.15, 0.2) is 75.6 Å². The Labute approximate surface area is 158 Å². The van der Waals surface area contributed by atoms with Crippen molar-refractivity contribution in [2.75, 3.05) is 0 Å². The van der Waals surface area contributed by atoms with Gasteiger partial charge in [0.15, 0.2) is 0 Å². The second-order valence-corrected chi connectivity index (χ2v) is 6.74. The predicted octanol–water partition coefficient (Wildman–Crippen LogP) is 6.60. The fourth-order valence-electron chi connectivity index (χ4n) is 3.73. The summed E-state index contributed by atoms with van der Waals surface area (Å²) in [5.41, 5.74) is 4.42. The van der Waals surface area contributed by atoms with Crippen molar-refractivity contribution in [2.24, 2.45) is 0 Å². The van der Waals surface area contributed by atoms with Gasteiger partial charge in [-0.3, -0.25) is 0 Å². The van der Waals surface area contributed by atoms with Crippen molar-refractivity contribution >= 4 is 55.6 Å². The molecule has 27 heavy (non-hydrogen) atoms. The lowest BCUT2D eigenvalue weighted by Gasteiger charge is -2.04. The molecule has 128 valence electrons. The maximum Gasteiger partial charge on any atom is 0.232 e. The lowest BCUT2D eigenvalue weighted by Crippen LogP contribution is -1.90. The molecule has 0 saturated carbocycles. The monoisotopic (exact) mass is 370 g/mol. The molecule has 0 spiro atoms. The molecule has 0 amide bonds. The zero-order valence-electron chi connectivity index (χ0n) is 13.9. The molecule has 6 rings (SSSR count). The first kappa shape index (κ1) is 14.8. The van der Waals surface area contributed by atoms with E-state index in [0.717, 1.165) is 43.9 Å². The molecule has 0 aliphatic rings. The van der Waals surface area contributed by atoms with Gasteiger partial charge in [0.05, 0.1) is 11.1 Å². The quantitative estimate of drug-likeness (QED) is 0.306. The third kappa shape index (κ3) is 2.04. The van der Waals surface area contributed by atoms with E-state index in [9.17, 15) is 0 Å². The molecule has 0 aliphatic heterocycles. The van der Waals surface area contributed by atoms with Crippen LogP contribution in [0.4, 0.5) is 0 Å². The Hall–Kier alpha value is -3.37. The highest BCUT2D eigenvalue weighted by molar-refractivity contribution is 6.29. The highest BCUT2D eigenvalue weighted by Gasteiger charge is 2.20. The number of rotatable bonds is 1. The molecule has 4 nitrogen and oxygen atoms in total. The molecule has 0 N–H and O–H groups in total. The highest BCUT2D eigenvalue weighted by Crippen LogP contribution is 2.40. The van der Waals surface area contributed by atoms with Crippen molar-refractivity contribution in [3.63, 3.8) is 0 Å². The molecule has 0 radical (unpaired) electrons. The summed E-state index contributed by atoms with van der Waals surface area (Å²) in [5.74, 6) is 0. The van der Waals surface area contributed by atoms with Crippen molar-refractivity contribution in [3.8, 4) is 11.3 Å². The van der Waals surface area contributed by atoms with Gasteiger partial charge in [-0.25, -0.2) is 4.98 Å². The van der Waals surface area contributed by atoms with Crippen LogP contribution in [-0.2, 0) is 0 Å².